The van der Waals surface area contributed by atoms with E-state index < -0.39 is 10.0 Å². The lowest BCUT2D eigenvalue weighted by Gasteiger charge is -2.34. The molecule has 158 valence electrons. The predicted octanol–water partition coefficient (Wildman–Crippen LogP) is 2.90. The van der Waals surface area contributed by atoms with Crippen LogP contribution in [0.4, 0.5) is 0 Å². The number of benzene rings is 2. The number of rotatable bonds is 6. The van der Waals surface area contributed by atoms with E-state index in [2.05, 4.69) is 15.1 Å². The zero-order chi connectivity index (χ0) is 21.1. The molecule has 7 nitrogen and oxygen atoms in total. The molecule has 0 saturated carbocycles. The highest BCUT2D eigenvalue weighted by molar-refractivity contribution is 7.89. The second-order valence-electron chi connectivity index (χ2n) is 7.63. The Morgan fingerprint density at radius 2 is 1.70 bits per heavy atom. The monoisotopic (exact) mass is 426 g/mol. The molecule has 0 atom stereocenters. The van der Waals surface area contributed by atoms with Gasteiger partial charge in [0.1, 0.15) is 0 Å². The van der Waals surface area contributed by atoms with Gasteiger partial charge in [0.2, 0.25) is 21.8 Å². The summed E-state index contributed by atoms with van der Waals surface area (Å²) in [5.41, 5.74) is 2.76. The largest absolute Gasteiger partial charge is 0.421 e. The van der Waals surface area contributed by atoms with Crippen molar-refractivity contribution < 1.29 is 12.8 Å². The number of nitrogens with zero attached hydrogens (tertiary/aromatic N) is 4. The summed E-state index contributed by atoms with van der Waals surface area (Å²) in [7, 11) is -3.46. The Kier molecular flexibility index (Phi) is 5.99. The van der Waals surface area contributed by atoms with E-state index in [0.717, 1.165) is 23.2 Å². The molecule has 0 amide bonds. The van der Waals surface area contributed by atoms with E-state index in [9.17, 15) is 8.42 Å². The van der Waals surface area contributed by atoms with Crippen LogP contribution in [0, 0.1) is 13.8 Å². The molecule has 0 aliphatic carbocycles. The van der Waals surface area contributed by atoms with Crippen LogP contribution in [0.5, 0.6) is 0 Å². The molecule has 0 bridgehead atoms. The van der Waals surface area contributed by atoms with Crippen LogP contribution in [0.15, 0.2) is 57.8 Å². The van der Waals surface area contributed by atoms with Crippen molar-refractivity contribution in [3.05, 3.63) is 65.5 Å². The van der Waals surface area contributed by atoms with E-state index in [1.54, 1.807) is 10.4 Å². The summed E-state index contributed by atoms with van der Waals surface area (Å²) < 4.78 is 33.4. The maximum Gasteiger partial charge on any atom is 0.247 e. The van der Waals surface area contributed by atoms with Crippen molar-refractivity contribution in [2.24, 2.45) is 0 Å². The first-order chi connectivity index (χ1) is 14.4. The minimum absolute atomic E-state index is 0.404. The van der Waals surface area contributed by atoms with Crippen LogP contribution in [0.1, 0.15) is 17.0 Å². The topological polar surface area (TPSA) is 79.5 Å². The van der Waals surface area contributed by atoms with E-state index >= 15 is 0 Å². The molecule has 4 rings (SSSR count). The normalized spacial score (nSPS) is 16.1. The molecule has 3 aromatic rings. The minimum Gasteiger partial charge on any atom is -0.421 e. The van der Waals surface area contributed by atoms with Gasteiger partial charge in [-0.3, -0.25) is 0 Å². The Hall–Kier alpha value is -2.55. The lowest BCUT2D eigenvalue weighted by atomic mass is 10.2. The van der Waals surface area contributed by atoms with Crippen molar-refractivity contribution in [3.63, 3.8) is 0 Å². The Morgan fingerprint density at radius 3 is 2.40 bits per heavy atom. The SMILES string of the molecule is Cc1ccc(S(=O)(=O)N2CCN(CCc3nnc(-c4ccccc4)o3)CC2)c(C)c1. The maximum atomic E-state index is 13.0. The summed E-state index contributed by atoms with van der Waals surface area (Å²) in [5, 5.41) is 8.26. The van der Waals surface area contributed by atoms with E-state index in [1.807, 2.05) is 56.3 Å². The standard InChI is InChI=1S/C22H26N4O3S/c1-17-8-9-20(18(2)16-17)30(27,28)26-14-12-25(13-15-26)11-10-21-23-24-22(29-21)19-6-4-3-5-7-19/h3-9,16H,10-15H2,1-2H3. The van der Waals surface area contributed by atoms with Gasteiger partial charge in [0.15, 0.2) is 0 Å². The molecule has 1 fully saturated rings. The summed E-state index contributed by atoms with van der Waals surface area (Å²) in [6.07, 6.45) is 0.643. The van der Waals surface area contributed by atoms with Gasteiger partial charge in [-0.2, -0.15) is 4.31 Å². The molecule has 8 heteroatoms. The van der Waals surface area contributed by atoms with Crippen molar-refractivity contribution in [2.75, 3.05) is 32.7 Å². The first kappa shape index (κ1) is 20.7. The lowest BCUT2D eigenvalue weighted by Crippen LogP contribution is -2.49. The Morgan fingerprint density at radius 1 is 0.967 bits per heavy atom. The molecule has 1 saturated heterocycles. The molecule has 30 heavy (non-hydrogen) atoms. The van der Waals surface area contributed by atoms with Gasteiger partial charge in [-0.15, -0.1) is 10.2 Å². The van der Waals surface area contributed by atoms with E-state index in [1.165, 1.54) is 0 Å². The summed E-state index contributed by atoms with van der Waals surface area (Å²) in [6.45, 7) is 6.91. The van der Waals surface area contributed by atoms with Gasteiger partial charge in [0, 0.05) is 44.7 Å². The average Bonchev–Trinajstić information content (AvgIpc) is 3.22. The second kappa shape index (κ2) is 8.67. The van der Waals surface area contributed by atoms with E-state index in [-0.39, 0.29) is 0 Å². The molecular formula is C22H26N4O3S. The predicted molar refractivity (Wildman–Crippen MR) is 115 cm³/mol. The van der Waals surface area contributed by atoms with E-state index in [0.29, 0.717) is 49.3 Å². The third-order valence-corrected chi connectivity index (χ3v) is 7.47. The third-order valence-electron chi connectivity index (χ3n) is 5.41. The molecule has 1 aliphatic heterocycles. The van der Waals surface area contributed by atoms with Crippen molar-refractivity contribution in [2.45, 2.75) is 25.2 Å². The van der Waals surface area contributed by atoms with Crippen LogP contribution in [0.25, 0.3) is 11.5 Å². The van der Waals surface area contributed by atoms with Gasteiger partial charge in [0.05, 0.1) is 4.90 Å². The number of aromatic nitrogens is 2. The highest BCUT2D eigenvalue weighted by atomic mass is 32.2. The van der Waals surface area contributed by atoms with E-state index in [4.69, 9.17) is 4.42 Å². The molecule has 2 heterocycles. The zero-order valence-corrected chi connectivity index (χ0v) is 18.1. The maximum absolute atomic E-state index is 13.0. The number of aryl methyl sites for hydroxylation is 2. The van der Waals surface area contributed by atoms with Crippen LogP contribution in [-0.4, -0.2) is 60.5 Å². The van der Waals surface area contributed by atoms with Crippen molar-refractivity contribution >= 4 is 10.0 Å². The van der Waals surface area contributed by atoms with Crippen LogP contribution < -0.4 is 0 Å². The van der Waals surface area contributed by atoms with Gasteiger partial charge in [-0.05, 0) is 37.6 Å². The van der Waals surface area contributed by atoms with Crippen LogP contribution in [0.2, 0.25) is 0 Å². The summed E-state index contributed by atoms with van der Waals surface area (Å²) in [4.78, 5) is 2.64. The van der Waals surface area contributed by atoms with Crippen molar-refractivity contribution in [1.29, 1.82) is 0 Å². The van der Waals surface area contributed by atoms with Crippen molar-refractivity contribution in [3.8, 4) is 11.5 Å². The molecule has 1 aliphatic rings. The average molecular weight is 427 g/mol. The summed E-state index contributed by atoms with van der Waals surface area (Å²) in [5.74, 6) is 1.12. The zero-order valence-electron chi connectivity index (χ0n) is 17.3. The van der Waals surface area contributed by atoms with Gasteiger partial charge in [0.25, 0.3) is 0 Å². The number of sulfonamides is 1. The molecule has 0 radical (unpaired) electrons. The van der Waals surface area contributed by atoms with Crippen LogP contribution >= 0.6 is 0 Å². The molecule has 0 N–H and O–H groups in total. The molecule has 0 spiro atoms. The van der Waals surface area contributed by atoms with Gasteiger partial charge in [-0.1, -0.05) is 35.9 Å². The van der Waals surface area contributed by atoms with Crippen LogP contribution in [0.3, 0.4) is 0 Å². The van der Waals surface area contributed by atoms with Crippen molar-refractivity contribution in [1.82, 2.24) is 19.4 Å². The Balaban J connectivity index is 1.32. The lowest BCUT2D eigenvalue weighted by molar-refractivity contribution is 0.187. The molecular weight excluding hydrogens is 400 g/mol. The Labute approximate surface area is 177 Å². The van der Waals surface area contributed by atoms with Gasteiger partial charge >= 0.3 is 0 Å². The minimum atomic E-state index is -3.46. The Bertz CT molecular complexity index is 1100. The highest BCUT2D eigenvalue weighted by Gasteiger charge is 2.29. The fraction of sp³-hybridized carbons (Fsp3) is 0.364. The summed E-state index contributed by atoms with van der Waals surface area (Å²) >= 11 is 0. The molecule has 1 aromatic heterocycles. The number of hydrogen-bond donors (Lipinski definition) is 0. The number of piperazine rings is 1. The van der Waals surface area contributed by atoms with Gasteiger partial charge in [-0.25, -0.2) is 8.42 Å². The highest BCUT2D eigenvalue weighted by Crippen LogP contribution is 2.22. The van der Waals surface area contributed by atoms with Crippen LogP contribution in [-0.2, 0) is 16.4 Å². The summed E-state index contributed by atoms with van der Waals surface area (Å²) in [6, 6.07) is 15.2. The first-order valence-electron chi connectivity index (χ1n) is 10.1. The molecule has 0 unspecified atom stereocenters. The van der Waals surface area contributed by atoms with Gasteiger partial charge < -0.3 is 9.32 Å². The fourth-order valence-corrected chi connectivity index (χ4v) is 5.36. The second-order valence-corrected chi connectivity index (χ2v) is 9.54. The fourth-order valence-electron chi connectivity index (χ4n) is 3.73. The third kappa shape index (κ3) is 4.45. The quantitative estimate of drug-likeness (QED) is 0.603. The first-order valence-corrected chi connectivity index (χ1v) is 11.5. The molecule has 2 aromatic carbocycles. The smallest absolute Gasteiger partial charge is 0.247 e. The number of hydrogen-bond acceptors (Lipinski definition) is 6.